The zero-order chi connectivity index (χ0) is 17.6. The first kappa shape index (κ1) is 17.0. The van der Waals surface area contributed by atoms with Gasteiger partial charge in [-0.2, -0.15) is 0 Å². The minimum Gasteiger partial charge on any atom is -0.347 e. The second kappa shape index (κ2) is 7.85. The van der Waals surface area contributed by atoms with E-state index in [4.69, 9.17) is 0 Å². The van der Waals surface area contributed by atoms with E-state index < -0.39 is 0 Å². The van der Waals surface area contributed by atoms with E-state index in [0.717, 1.165) is 21.3 Å². The third-order valence-electron chi connectivity index (χ3n) is 3.50. The Hall–Kier alpha value is -2.80. The zero-order valence-electron chi connectivity index (χ0n) is 13.5. The molecule has 7 heteroatoms. The molecule has 0 aliphatic rings. The standard InChI is InChI=1S/C18H16BrN5O/c1-12-4-5-14(7-15(12)19)24-17-11-21-16(10-22-17)18(25)23-9-13-3-2-6-20-8-13/h2-8,10-11H,9H2,1H3,(H,22,24)(H,23,25). The third-order valence-corrected chi connectivity index (χ3v) is 4.36. The predicted molar refractivity (Wildman–Crippen MR) is 99.6 cm³/mol. The molecule has 3 rings (SSSR count). The molecular formula is C18H16BrN5O. The molecule has 0 radical (unpaired) electrons. The van der Waals surface area contributed by atoms with Crippen molar-refractivity contribution in [2.24, 2.45) is 0 Å². The van der Waals surface area contributed by atoms with Gasteiger partial charge in [-0.3, -0.25) is 9.78 Å². The maximum Gasteiger partial charge on any atom is 0.271 e. The molecule has 0 unspecified atom stereocenters. The number of carbonyl (C=O) groups is 1. The van der Waals surface area contributed by atoms with Crippen LogP contribution in [0.5, 0.6) is 0 Å². The van der Waals surface area contributed by atoms with Crippen LogP contribution >= 0.6 is 15.9 Å². The molecule has 3 aromatic rings. The van der Waals surface area contributed by atoms with E-state index in [-0.39, 0.29) is 11.6 Å². The Morgan fingerprint density at radius 1 is 1.16 bits per heavy atom. The van der Waals surface area contributed by atoms with Crippen LogP contribution in [0.25, 0.3) is 0 Å². The van der Waals surface area contributed by atoms with E-state index >= 15 is 0 Å². The van der Waals surface area contributed by atoms with Gasteiger partial charge in [0.25, 0.3) is 5.91 Å². The maximum atomic E-state index is 12.1. The summed E-state index contributed by atoms with van der Waals surface area (Å²) in [6.07, 6.45) is 6.38. The Bertz CT molecular complexity index is 868. The number of carbonyl (C=O) groups excluding carboxylic acids is 1. The van der Waals surface area contributed by atoms with Crippen LogP contribution in [0.3, 0.4) is 0 Å². The second-order valence-electron chi connectivity index (χ2n) is 5.42. The Morgan fingerprint density at radius 2 is 2.04 bits per heavy atom. The molecule has 1 aromatic carbocycles. The molecule has 6 nitrogen and oxygen atoms in total. The summed E-state index contributed by atoms with van der Waals surface area (Å²) in [6.45, 7) is 2.42. The summed E-state index contributed by atoms with van der Waals surface area (Å²) in [5.74, 6) is 0.292. The molecular weight excluding hydrogens is 382 g/mol. The summed E-state index contributed by atoms with van der Waals surface area (Å²) in [5.41, 5.74) is 3.23. The van der Waals surface area contributed by atoms with Gasteiger partial charge < -0.3 is 10.6 Å². The van der Waals surface area contributed by atoms with Gasteiger partial charge in [0.15, 0.2) is 0 Å². The molecule has 25 heavy (non-hydrogen) atoms. The number of nitrogens with zero attached hydrogens (tertiary/aromatic N) is 3. The van der Waals surface area contributed by atoms with Crippen LogP contribution < -0.4 is 10.6 Å². The molecule has 0 saturated carbocycles. The van der Waals surface area contributed by atoms with E-state index in [2.05, 4.69) is 41.5 Å². The van der Waals surface area contributed by atoms with Crippen molar-refractivity contribution in [2.75, 3.05) is 5.32 Å². The van der Waals surface area contributed by atoms with Crippen molar-refractivity contribution in [3.8, 4) is 0 Å². The van der Waals surface area contributed by atoms with Gasteiger partial charge in [-0.15, -0.1) is 0 Å². The van der Waals surface area contributed by atoms with Crippen LogP contribution in [0.15, 0.2) is 59.6 Å². The first-order valence-electron chi connectivity index (χ1n) is 7.64. The van der Waals surface area contributed by atoms with Crippen LogP contribution in [0.2, 0.25) is 0 Å². The molecule has 0 bridgehead atoms. The fraction of sp³-hybridized carbons (Fsp3) is 0.111. The normalized spacial score (nSPS) is 10.3. The number of halogens is 1. The molecule has 2 N–H and O–H groups in total. The van der Waals surface area contributed by atoms with Gasteiger partial charge in [-0.1, -0.05) is 28.1 Å². The SMILES string of the molecule is Cc1ccc(Nc2cnc(C(=O)NCc3cccnc3)cn2)cc1Br. The first-order valence-corrected chi connectivity index (χ1v) is 8.43. The highest BCUT2D eigenvalue weighted by Crippen LogP contribution is 2.22. The number of pyridine rings is 1. The van der Waals surface area contributed by atoms with Crippen LogP contribution in [-0.4, -0.2) is 20.9 Å². The lowest BCUT2D eigenvalue weighted by atomic mass is 10.2. The molecule has 0 atom stereocenters. The maximum absolute atomic E-state index is 12.1. The van der Waals surface area contributed by atoms with Crippen molar-refractivity contribution < 1.29 is 4.79 Å². The Kier molecular flexibility index (Phi) is 5.35. The zero-order valence-corrected chi connectivity index (χ0v) is 15.1. The van der Waals surface area contributed by atoms with Crippen LogP contribution in [0, 0.1) is 6.92 Å². The number of aryl methyl sites for hydroxylation is 1. The van der Waals surface area contributed by atoms with Gasteiger partial charge in [0.2, 0.25) is 0 Å². The topological polar surface area (TPSA) is 79.8 Å². The lowest BCUT2D eigenvalue weighted by molar-refractivity contribution is 0.0945. The molecule has 0 saturated heterocycles. The first-order chi connectivity index (χ1) is 12.1. The van der Waals surface area contributed by atoms with E-state index in [1.807, 2.05) is 37.3 Å². The number of rotatable bonds is 5. The van der Waals surface area contributed by atoms with E-state index in [0.29, 0.717) is 12.4 Å². The Balaban J connectivity index is 1.61. The second-order valence-corrected chi connectivity index (χ2v) is 6.27. The summed E-state index contributed by atoms with van der Waals surface area (Å²) in [5, 5.41) is 5.94. The number of benzene rings is 1. The van der Waals surface area contributed by atoms with Gasteiger partial charge in [0.05, 0.1) is 12.4 Å². The van der Waals surface area contributed by atoms with Gasteiger partial charge in [0, 0.05) is 29.1 Å². The molecule has 0 aliphatic heterocycles. The lowest BCUT2D eigenvalue weighted by Gasteiger charge is -2.08. The molecule has 1 amide bonds. The van der Waals surface area contributed by atoms with Gasteiger partial charge in [0.1, 0.15) is 11.5 Å². The van der Waals surface area contributed by atoms with Crippen molar-refractivity contribution in [2.45, 2.75) is 13.5 Å². The number of aromatic nitrogens is 3. The van der Waals surface area contributed by atoms with Gasteiger partial charge in [-0.05, 0) is 36.2 Å². The number of hydrogen-bond acceptors (Lipinski definition) is 5. The summed E-state index contributed by atoms with van der Waals surface area (Å²) < 4.78 is 1.01. The molecule has 126 valence electrons. The molecule has 2 aromatic heterocycles. The Morgan fingerprint density at radius 3 is 2.72 bits per heavy atom. The van der Waals surface area contributed by atoms with Crippen molar-refractivity contribution in [3.63, 3.8) is 0 Å². The highest BCUT2D eigenvalue weighted by Gasteiger charge is 2.08. The number of anilines is 2. The van der Waals surface area contributed by atoms with Crippen molar-refractivity contribution >= 4 is 33.3 Å². The molecule has 0 spiro atoms. The molecule has 0 fully saturated rings. The fourth-order valence-corrected chi connectivity index (χ4v) is 2.48. The quantitative estimate of drug-likeness (QED) is 0.687. The fourth-order valence-electron chi connectivity index (χ4n) is 2.10. The monoisotopic (exact) mass is 397 g/mol. The van der Waals surface area contributed by atoms with Crippen LogP contribution in [-0.2, 0) is 6.54 Å². The summed E-state index contributed by atoms with van der Waals surface area (Å²) >= 11 is 3.49. The predicted octanol–water partition coefficient (Wildman–Crippen LogP) is 3.62. The lowest BCUT2D eigenvalue weighted by Crippen LogP contribution is -2.24. The van der Waals surface area contributed by atoms with E-state index in [9.17, 15) is 4.79 Å². The third kappa shape index (κ3) is 4.60. The number of hydrogen-bond donors (Lipinski definition) is 2. The van der Waals surface area contributed by atoms with Gasteiger partial charge >= 0.3 is 0 Å². The van der Waals surface area contributed by atoms with Crippen molar-refractivity contribution in [1.29, 1.82) is 0 Å². The molecule has 0 aliphatic carbocycles. The highest BCUT2D eigenvalue weighted by molar-refractivity contribution is 9.10. The number of nitrogens with one attached hydrogen (secondary N) is 2. The average molecular weight is 398 g/mol. The summed E-state index contributed by atoms with van der Waals surface area (Å²) in [6, 6.07) is 9.64. The Labute approximate surface area is 153 Å². The smallest absolute Gasteiger partial charge is 0.271 e. The minimum absolute atomic E-state index is 0.263. The van der Waals surface area contributed by atoms with E-state index in [1.54, 1.807) is 12.4 Å². The van der Waals surface area contributed by atoms with E-state index in [1.165, 1.54) is 12.4 Å². The van der Waals surface area contributed by atoms with Gasteiger partial charge in [-0.25, -0.2) is 9.97 Å². The molecule has 2 heterocycles. The van der Waals surface area contributed by atoms with Crippen molar-refractivity contribution in [1.82, 2.24) is 20.3 Å². The number of amides is 1. The van der Waals surface area contributed by atoms with Crippen LogP contribution in [0.4, 0.5) is 11.5 Å². The average Bonchev–Trinajstić information content (AvgIpc) is 2.64. The highest BCUT2D eigenvalue weighted by atomic mass is 79.9. The summed E-state index contributed by atoms with van der Waals surface area (Å²) in [4.78, 5) is 24.5. The minimum atomic E-state index is -0.277. The van der Waals surface area contributed by atoms with Crippen molar-refractivity contribution in [3.05, 3.63) is 76.4 Å². The largest absolute Gasteiger partial charge is 0.347 e. The van der Waals surface area contributed by atoms with Crippen LogP contribution in [0.1, 0.15) is 21.6 Å². The summed E-state index contributed by atoms with van der Waals surface area (Å²) in [7, 11) is 0.